The number of hydrogen-bond acceptors (Lipinski definition) is 3. The van der Waals surface area contributed by atoms with Gasteiger partial charge in [-0.25, -0.2) is 4.79 Å². The van der Waals surface area contributed by atoms with Crippen molar-refractivity contribution in [2.24, 2.45) is 0 Å². The van der Waals surface area contributed by atoms with Crippen LogP contribution in [-0.2, 0) is 9.53 Å². The molecule has 1 saturated heterocycles. The van der Waals surface area contributed by atoms with E-state index in [1.54, 1.807) is 0 Å². The summed E-state index contributed by atoms with van der Waals surface area (Å²) in [4.78, 5) is 9.25. The molecule has 0 radical (unpaired) electrons. The predicted octanol–water partition coefficient (Wildman–Crippen LogP) is 5.19. The molecule has 134 valence electrons. The fourth-order valence-corrected chi connectivity index (χ4v) is 2.39. The van der Waals surface area contributed by atoms with Crippen LogP contribution in [0.4, 0.5) is 0 Å². The Balaban J connectivity index is 0.000000505. The molecule has 2 rings (SSSR count). The van der Waals surface area contributed by atoms with E-state index in [1.807, 2.05) is 30.3 Å². The van der Waals surface area contributed by atoms with Gasteiger partial charge in [0.2, 0.25) is 5.79 Å². The van der Waals surface area contributed by atoms with Crippen molar-refractivity contribution in [3.63, 3.8) is 0 Å². The summed E-state index contributed by atoms with van der Waals surface area (Å²) in [5.74, 6) is -0.363. The summed E-state index contributed by atoms with van der Waals surface area (Å²) in [5.41, 5.74) is 0. The normalized spacial score (nSPS) is 18.2. The Morgan fingerprint density at radius 1 is 1.21 bits per heavy atom. The van der Waals surface area contributed by atoms with Crippen molar-refractivity contribution < 1.29 is 19.4 Å². The Morgan fingerprint density at radius 3 is 2.25 bits per heavy atom. The quantitative estimate of drug-likeness (QED) is 0.344. The summed E-state index contributed by atoms with van der Waals surface area (Å²) < 4.78 is 11.5. The molecule has 0 aromatic heterocycles. The standard InChI is InChI=1S/C17H26O2.C3H4O2/c1-2-3-4-5-6-7-11-14-17(15-18-17)19-16-12-9-8-10-13-16;1-2-3(4)5/h8-10,12-13H,2-7,11,14-15H2,1H3;2H,1H2,(H,4,5). The van der Waals surface area contributed by atoms with Gasteiger partial charge >= 0.3 is 5.97 Å². The van der Waals surface area contributed by atoms with Crippen LogP contribution >= 0.6 is 0 Å². The number of para-hydroxylation sites is 1. The largest absolute Gasteiger partial charge is 0.478 e. The molecule has 0 spiro atoms. The number of carboxylic acid groups (broad SMARTS) is 1. The zero-order chi connectivity index (χ0) is 17.7. The van der Waals surface area contributed by atoms with E-state index >= 15 is 0 Å². The fourth-order valence-electron chi connectivity index (χ4n) is 2.39. The van der Waals surface area contributed by atoms with Crippen LogP contribution in [0.15, 0.2) is 43.0 Å². The lowest BCUT2D eigenvalue weighted by Crippen LogP contribution is -2.19. The first-order valence-electron chi connectivity index (χ1n) is 8.85. The maximum absolute atomic E-state index is 9.25. The number of epoxide rings is 1. The van der Waals surface area contributed by atoms with Gasteiger partial charge in [-0.1, -0.05) is 70.2 Å². The fraction of sp³-hybridized carbons (Fsp3) is 0.550. The zero-order valence-corrected chi connectivity index (χ0v) is 14.7. The van der Waals surface area contributed by atoms with Crippen LogP contribution in [0.5, 0.6) is 5.75 Å². The number of aliphatic carboxylic acids is 1. The highest BCUT2D eigenvalue weighted by Gasteiger charge is 2.47. The number of ether oxygens (including phenoxy) is 2. The maximum Gasteiger partial charge on any atom is 0.327 e. The van der Waals surface area contributed by atoms with Crippen LogP contribution in [0, 0.1) is 0 Å². The minimum Gasteiger partial charge on any atom is -0.478 e. The van der Waals surface area contributed by atoms with Crippen LogP contribution in [0.3, 0.4) is 0 Å². The third-order valence-electron chi connectivity index (χ3n) is 3.85. The monoisotopic (exact) mass is 334 g/mol. The lowest BCUT2D eigenvalue weighted by Gasteiger charge is -2.14. The smallest absolute Gasteiger partial charge is 0.327 e. The molecule has 24 heavy (non-hydrogen) atoms. The highest BCUT2D eigenvalue weighted by atomic mass is 16.8. The first kappa shape index (κ1) is 20.2. The number of hydrogen-bond donors (Lipinski definition) is 1. The maximum atomic E-state index is 9.25. The van der Waals surface area contributed by atoms with Gasteiger partial charge in [-0.2, -0.15) is 0 Å². The van der Waals surface area contributed by atoms with E-state index in [-0.39, 0.29) is 5.79 Å². The second kappa shape index (κ2) is 11.7. The Bertz CT molecular complexity index is 466. The van der Waals surface area contributed by atoms with Gasteiger partial charge in [0.15, 0.2) is 0 Å². The second-order valence-corrected chi connectivity index (χ2v) is 6.03. The summed E-state index contributed by atoms with van der Waals surface area (Å²) in [6, 6.07) is 9.99. The number of rotatable bonds is 11. The van der Waals surface area contributed by atoms with Crippen LogP contribution in [0.1, 0.15) is 58.3 Å². The molecule has 1 fully saturated rings. The van der Waals surface area contributed by atoms with E-state index in [0.29, 0.717) is 0 Å². The lowest BCUT2D eigenvalue weighted by atomic mass is 10.1. The molecule has 0 amide bonds. The third kappa shape index (κ3) is 9.36. The molecular weight excluding hydrogens is 304 g/mol. The number of benzene rings is 1. The molecular formula is C20H30O4. The molecule has 4 heteroatoms. The van der Waals surface area contributed by atoms with Gasteiger partial charge in [0.25, 0.3) is 0 Å². The molecule has 4 nitrogen and oxygen atoms in total. The van der Waals surface area contributed by atoms with Gasteiger partial charge in [-0.15, -0.1) is 0 Å². The zero-order valence-electron chi connectivity index (χ0n) is 14.7. The topological polar surface area (TPSA) is 59.1 Å². The molecule has 1 N–H and O–H groups in total. The first-order chi connectivity index (χ1) is 11.6. The van der Waals surface area contributed by atoms with Crippen LogP contribution in [0.2, 0.25) is 0 Å². The average molecular weight is 334 g/mol. The van der Waals surface area contributed by atoms with E-state index in [2.05, 4.69) is 13.5 Å². The highest BCUT2D eigenvalue weighted by molar-refractivity contribution is 5.78. The van der Waals surface area contributed by atoms with Crippen molar-refractivity contribution in [2.75, 3.05) is 6.61 Å². The molecule has 1 unspecified atom stereocenters. The SMILES string of the molecule is C=CC(=O)O.CCCCCCCCCC1(Oc2ccccc2)CO1. The van der Waals surface area contributed by atoms with Gasteiger partial charge in [0, 0.05) is 12.5 Å². The Kier molecular flexibility index (Phi) is 9.85. The van der Waals surface area contributed by atoms with Crippen molar-refractivity contribution in [1.29, 1.82) is 0 Å². The van der Waals surface area contributed by atoms with E-state index in [0.717, 1.165) is 24.9 Å². The molecule has 1 atom stereocenters. The van der Waals surface area contributed by atoms with Crippen molar-refractivity contribution in [1.82, 2.24) is 0 Å². The summed E-state index contributed by atoms with van der Waals surface area (Å²) in [6.07, 6.45) is 11.2. The summed E-state index contributed by atoms with van der Waals surface area (Å²) >= 11 is 0. The number of carbonyl (C=O) groups is 1. The van der Waals surface area contributed by atoms with Crippen molar-refractivity contribution >= 4 is 5.97 Å². The van der Waals surface area contributed by atoms with Crippen molar-refractivity contribution in [2.45, 2.75) is 64.1 Å². The second-order valence-electron chi connectivity index (χ2n) is 6.03. The highest BCUT2D eigenvalue weighted by Crippen LogP contribution is 2.35. The summed E-state index contributed by atoms with van der Waals surface area (Å²) in [6.45, 7) is 5.97. The van der Waals surface area contributed by atoms with Crippen LogP contribution in [-0.4, -0.2) is 23.5 Å². The van der Waals surface area contributed by atoms with Gasteiger partial charge < -0.3 is 14.6 Å². The molecule has 1 aromatic carbocycles. The summed E-state index contributed by atoms with van der Waals surface area (Å²) in [5, 5.41) is 7.60. The Morgan fingerprint density at radius 2 is 1.75 bits per heavy atom. The molecule has 0 saturated carbocycles. The molecule has 1 heterocycles. The Hall–Kier alpha value is -1.81. The third-order valence-corrected chi connectivity index (χ3v) is 3.85. The van der Waals surface area contributed by atoms with Crippen LogP contribution in [0.25, 0.3) is 0 Å². The molecule has 1 aromatic rings. The average Bonchev–Trinajstić information content (AvgIpc) is 3.35. The van der Waals surface area contributed by atoms with Crippen molar-refractivity contribution in [3.8, 4) is 5.75 Å². The molecule has 0 aliphatic carbocycles. The number of carboxylic acids is 1. The minimum absolute atomic E-state index is 0.301. The minimum atomic E-state index is -0.981. The van der Waals surface area contributed by atoms with Crippen molar-refractivity contribution in [3.05, 3.63) is 43.0 Å². The number of unbranched alkanes of at least 4 members (excludes halogenated alkanes) is 6. The first-order valence-corrected chi connectivity index (χ1v) is 8.85. The van der Waals surface area contributed by atoms with E-state index in [1.165, 1.54) is 44.9 Å². The van der Waals surface area contributed by atoms with E-state index < -0.39 is 5.97 Å². The molecule has 1 aliphatic heterocycles. The van der Waals surface area contributed by atoms with Gasteiger partial charge in [-0.3, -0.25) is 0 Å². The van der Waals surface area contributed by atoms with Gasteiger partial charge in [0.05, 0.1) is 0 Å². The Labute approximate surface area is 145 Å². The molecule has 0 bridgehead atoms. The van der Waals surface area contributed by atoms with Gasteiger partial charge in [-0.05, 0) is 18.6 Å². The molecule has 1 aliphatic rings. The predicted molar refractivity (Wildman–Crippen MR) is 96.2 cm³/mol. The lowest BCUT2D eigenvalue weighted by molar-refractivity contribution is -0.131. The van der Waals surface area contributed by atoms with Gasteiger partial charge in [0.1, 0.15) is 12.4 Å². The van der Waals surface area contributed by atoms with E-state index in [4.69, 9.17) is 14.6 Å². The summed E-state index contributed by atoms with van der Waals surface area (Å²) in [7, 11) is 0. The van der Waals surface area contributed by atoms with E-state index in [9.17, 15) is 4.79 Å². The van der Waals surface area contributed by atoms with Crippen LogP contribution < -0.4 is 4.74 Å².